The summed E-state index contributed by atoms with van der Waals surface area (Å²) in [5.74, 6) is -0.119. The van der Waals surface area contributed by atoms with Gasteiger partial charge in [0.05, 0.1) is 17.4 Å². The van der Waals surface area contributed by atoms with E-state index < -0.39 is 4.92 Å². The Morgan fingerprint density at radius 2 is 2.04 bits per heavy atom. The van der Waals surface area contributed by atoms with Crippen LogP contribution in [0.15, 0.2) is 70.9 Å². The number of carbonyl (C=O) groups excluding carboxylic acids is 1. The SMILES string of the molecule is O=C(/C=C/c1ccc([N+](=O)[O-])cc1)N(CCc1cccs1)Cc1ccoc1. The number of nitrogens with zero attached hydrogens (tertiary/aromatic N) is 2. The van der Waals surface area contributed by atoms with E-state index in [1.165, 1.54) is 23.1 Å². The molecule has 0 aliphatic heterocycles. The fraction of sp³-hybridized carbons (Fsp3) is 0.150. The molecule has 0 radical (unpaired) electrons. The van der Waals surface area contributed by atoms with Gasteiger partial charge in [0.1, 0.15) is 0 Å². The van der Waals surface area contributed by atoms with Gasteiger partial charge in [0.15, 0.2) is 0 Å². The highest BCUT2D eigenvalue weighted by molar-refractivity contribution is 7.09. The number of hydrogen-bond donors (Lipinski definition) is 0. The minimum atomic E-state index is -0.449. The first kappa shape index (κ1) is 18.6. The van der Waals surface area contributed by atoms with Crippen molar-refractivity contribution in [3.8, 4) is 0 Å². The van der Waals surface area contributed by atoms with E-state index in [2.05, 4.69) is 6.07 Å². The maximum absolute atomic E-state index is 12.7. The molecule has 1 aromatic carbocycles. The van der Waals surface area contributed by atoms with E-state index in [1.54, 1.807) is 47.0 Å². The van der Waals surface area contributed by atoms with Crippen LogP contribution >= 0.6 is 11.3 Å². The number of thiophene rings is 1. The number of carbonyl (C=O) groups is 1. The molecule has 0 unspecified atom stereocenters. The second-order valence-corrected chi connectivity index (χ2v) is 6.93. The molecule has 0 aliphatic rings. The van der Waals surface area contributed by atoms with E-state index in [4.69, 9.17) is 4.42 Å². The monoisotopic (exact) mass is 382 g/mol. The van der Waals surface area contributed by atoms with Gasteiger partial charge in [-0.15, -0.1) is 11.3 Å². The van der Waals surface area contributed by atoms with Crippen molar-refractivity contribution in [3.05, 3.63) is 92.6 Å². The Bertz CT molecular complexity index is 900. The molecule has 0 atom stereocenters. The van der Waals surface area contributed by atoms with Gasteiger partial charge in [-0.3, -0.25) is 14.9 Å². The van der Waals surface area contributed by atoms with Crippen molar-refractivity contribution in [2.45, 2.75) is 13.0 Å². The number of hydrogen-bond acceptors (Lipinski definition) is 5. The van der Waals surface area contributed by atoms with Crippen LogP contribution in [0.5, 0.6) is 0 Å². The largest absolute Gasteiger partial charge is 0.472 e. The van der Waals surface area contributed by atoms with E-state index in [-0.39, 0.29) is 11.6 Å². The summed E-state index contributed by atoms with van der Waals surface area (Å²) in [4.78, 5) is 25.9. The fourth-order valence-corrected chi connectivity index (χ4v) is 3.25. The van der Waals surface area contributed by atoms with Gasteiger partial charge < -0.3 is 9.32 Å². The number of benzene rings is 1. The van der Waals surface area contributed by atoms with Crippen LogP contribution in [0.4, 0.5) is 5.69 Å². The van der Waals surface area contributed by atoms with Gasteiger partial charge >= 0.3 is 0 Å². The third kappa shape index (κ3) is 5.39. The average molecular weight is 382 g/mol. The van der Waals surface area contributed by atoms with Crippen LogP contribution in [-0.2, 0) is 17.8 Å². The molecule has 0 saturated carbocycles. The number of nitro groups is 1. The highest BCUT2D eigenvalue weighted by Crippen LogP contribution is 2.15. The normalized spacial score (nSPS) is 11.0. The highest BCUT2D eigenvalue weighted by atomic mass is 32.1. The maximum atomic E-state index is 12.7. The van der Waals surface area contributed by atoms with E-state index in [9.17, 15) is 14.9 Å². The first-order valence-corrected chi connectivity index (χ1v) is 9.25. The molecule has 6 nitrogen and oxygen atoms in total. The molecule has 0 spiro atoms. The molecule has 0 aliphatic carbocycles. The fourth-order valence-electron chi connectivity index (χ4n) is 2.55. The predicted octanol–water partition coefficient (Wildman–Crippen LogP) is 4.53. The summed E-state index contributed by atoms with van der Waals surface area (Å²) in [6.45, 7) is 1.06. The second kappa shape index (κ2) is 8.95. The molecule has 0 saturated heterocycles. The summed E-state index contributed by atoms with van der Waals surface area (Å²) in [6.07, 6.45) is 7.16. The molecule has 3 rings (SSSR count). The van der Waals surface area contributed by atoms with Crippen LogP contribution in [0.25, 0.3) is 6.08 Å². The van der Waals surface area contributed by atoms with Crippen LogP contribution in [-0.4, -0.2) is 22.3 Å². The summed E-state index contributed by atoms with van der Waals surface area (Å²) in [7, 11) is 0. The van der Waals surface area contributed by atoms with Gasteiger partial charge in [-0.1, -0.05) is 6.07 Å². The van der Waals surface area contributed by atoms with E-state index in [1.807, 2.05) is 17.5 Å². The van der Waals surface area contributed by atoms with E-state index in [0.29, 0.717) is 13.1 Å². The Hall–Kier alpha value is -3.19. The van der Waals surface area contributed by atoms with Gasteiger partial charge in [0, 0.05) is 41.7 Å². The van der Waals surface area contributed by atoms with Crippen LogP contribution < -0.4 is 0 Å². The lowest BCUT2D eigenvalue weighted by Crippen LogP contribution is -2.30. The molecule has 0 fully saturated rings. The van der Waals surface area contributed by atoms with Gasteiger partial charge in [0.25, 0.3) is 5.69 Å². The lowest BCUT2D eigenvalue weighted by Gasteiger charge is -2.20. The standard InChI is InChI=1S/C20H18N2O4S/c23-20(8-5-16-3-6-18(7-4-16)22(24)25)21(14-17-10-12-26-15-17)11-9-19-2-1-13-27-19/h1-8,10,12-13,15H,9,11,14H2/b8-5+. The molecule has 2 aromatic heterocycles. The zero-order valence-electron chi connectivity index (χ0n) is 14.5. The summed E-state index contributed by atoms with van der Waals surface area (Å²) in [5, 5.41) is 12.7. The minimum absolute atomic E-state index is 0.0241. The minimum Gasteiger partial charge on any atom is -0.472 e. The Balaban J connectivity index is 1.67. The van der Waals surface area contributed by atoms with E-state index >= 15 is 0 Å². The van der Waals surface area contributed by atoms with Crippen LogP contribution in [0.2, 0.25) is 0 Å². The predicted molar refractivity (Wildman–Crippen MR) is 104 cm³/mol. The van der Waals surface area contributed by atoms with Crippen molar-refractivity contribution < 1.29 is 14.1 Å². The molecule has 3 aromatic rings. The number of non-ortho nitro benzene ring substituents is 1. The molecule has 1 amide bonds. The molecule has 27 heavy (non-hydrogen) atoms. The van der Waals surface area contributed by atoms with Crippen LogP contribution in [0, 0.1) is 10.1 Å². The number of furan rings is 1. The zero-order valence-corrected chi connectivity index (χ0v) is 15.3. The maximum Gasteiger partial charge on any atom is 0.269 e. The van der Waals surface area contributed by atoms with Crippen molar-refractivity contribution >= 4 is 29.0 Å². The molecule has 2 heterocycles. The van der Waals surface area contributed by atoms with Gasteiger partial charge in [-0.05, 0) is 47.7 Å². The summed E-state index contributed by atoms with van der Waals surface area (Å²) in [5.41, 5.74) is 1.68. The number of amides is 1. The van der Waals surface area contributed by atoms with E-state index in [0.717, 1.165) is 17.5 Å². The molecule has 0 bridgehead atoms. The van der Waals surface area contributed by atoms with Crippen molar-refractivity contribution in [2.24, 2.45) is 0 Å². The molecular formula is C20H18N2O4S. The molecule has 0 N–H and O–H groups in total. The summed E-state index contributed by atoms with van der Waals surface area (Å²) >= 11 is 1.67. The van der Waals surface area contributed by atoms with Crippen molar-refractivity contribution in [1.29, 1.82) is 0 Å². The summed E-state index contributed by atoms with van der Waals surface area (Å²) in [6, 6.07) is 12.0. The second-order valence-electron chi connectivity index (χ2n) is 5.90. The third-order valence-electron chi connectivity index (χ3n) is 4.00. The Morgan fingerprint density at radius 1 is 1.22 bits per heavy atom. The first-order chi connectivity index (χ1) is 13.1. The van der Waals surface area contributed by atoms with Gasteiger partial charge in [-0.2, -0.15) is 0 Å². The Kier molecular flexibility index (Phi) is 6.17. The lowest BCUT2D eigenvalue weighted by atomic mass is 10.2. The molecule has 7 heteroatoms. The smallest absolute Gasteiger partial charge is 0.269 e. The molecular weight excluding hydrogens is 364 g/mol. The Labute approximate surface area is 160 Å². The first-order valence-electron chi connectivity index (χ1n) is 8.37. The van der Waals surface area contributed by atoms with Crippen LogP contribution in [0.1, 0.15) is 16.0 Å². The summed E-state index contributed by atoms with van der Waals surface area (Å²) < 4.78 is 5.10. The topological polar surface area (TPSA) is 76.6 Å². The highest BCUT2D eigenvalue weighted by Gasteiger charge is 2.13. The Morgan fingerprint density at radius 3 is 2.67 bits per heavy atom. The quantitative estimate of drug-likeness (QED) is 0.326. The van der Waals surface area contributed by atoms with Crippen molar-refractivity contribution in [3.63, 3.8) is 0 Å². The van der Waals surface area contributed by atoms with Crippen molar-refractivity contribution in [1.82, 2.24) is 4.90 Å². The lowest BCUT2D eigenvalue weighted by molar-refractivity contribution is -0.384. The van der Waals surface area contributed by atoms with Gasteiger partial charge in [0.2, 0.25) is 5.91 Å². The number of rotatable bonds is 8. The number of nitro benzene ring substituents is 1. The van der Waals surface area contributed by atoms with Crippen molar-refractivity contribution in [2.75, 3.05) is 6.54 Å². The van der Waals surface area contributed by atoms with Crippen LogP contribution in [0.3, 0.4) is 0 Å². The zero-order chi connectivity index (χ0) is 19.1. The average Bonchev–Trinajstić information content (AvgIpc) is 3.37. The molecule has 138 valence electrons. The van der Waals surface area contributed by atoms with Gasteiger partial charge in [-0.25, -0.2) is 0 Å². The third-order valence-corrected chi connectivity index (χ3v) is 4.93.